The number of rotatable bonds is 3. The molecule has 3 rings (SSSR count). The molecule has 4 nitrogen and oxygen atoms in total. The molecule has 0 saturated carbocycles. The molecule has 0 saturated heterocycles. The van der Waals surface area contributed by atoms with E-state index in [1.165, 1.54) is 12.7 Å². The lowest BCUT2D eigenvalue weighted by atomic mass is 10.0. The zero-order valence-corrected chi connectivity index (χ0v) is 11.8. The molecule has 2 aromatic rings. The average molecular weight is 280 g/mol. The Morgan fingerprint density at radius 2 is 2.05 bits per heavy atom. The molecule has 0 N–H and O–H groups in total. The second-order valence-electron chi connectivity index (χ2n) is 4.96. The highest BCUT2D eigenvalue weighted by Gasteiger charge is 2.14. The minimum Gasteiger partial charge on any atom is -0.465 e. The van der Waals surface area contributed by atoms with Crippen LogP contribution in [0.2, 0.25) is 0 Å². The SMILES string of the molecule is COC(=O)c1ccc2c(c1)C=NN(Cc1ccccc1)C2. The van der Waals surface area contributed by atoms with Crippen molar-refractivity contribution in [3.63, 3.8) is 0 Å². The predicted molar refractivity (Wildman–Crippen MR) is 81.1 cm³/mol. The van der Waals surface area contributed by atoms with Crippen LogP contribution >= 0.6 is 0 Å². The van der Waals surface area contributed by atoms with Crippen LogP contribution in [0, 0.1) is 0 Å². The maximum Gasteiger partial charge on any atom is 0.337 e. The number of esters is 1. The van der Waals surface area contributed by atoms with Crippen molar-refractivity contribution in [1.82, 2.24) is 5.01 Å². The Morgan fingerprint density at radius 3 is 2.81 bits per heavy atom. The highest BCUT2D eigenvalue weighted by atomic mass is 16.5. The van der Waals surface area contributed by atoms with Gasteiger partial charge in [0.1, 0.15) is 0 Å². The highest BCUT2D eigenvalue weighted by molar-refractivity contribution is 5.93. The summed E-state index contributed by atoms with van der Waals surface area (Å²) in [6.07, 6.45) is 1.80. The van der Waals surface area contributed by atoms with Crippen molar-refractivity contribution in [3.8, 4) is 0 Å². The van der Waals surface area contributed by atoms with Gasteiger partial charge in [-0.3, -0.25) is 5.01 Å². The van der Waals surface area contributed by atoms with Gasteiger partial charge in [-0.05, 0) is 23.3 Å². The van der Waals surface area contributed by atoms with E-state index in [9.17, 15) is 4.79 Å². The minimum atomic E-state index is -0.321. The van der Waals surface area contributed by atoms with Gasteiger partial charge in [-0.15, -0.1) is 0 Å². The Bertz CT molecular complexity index is 680. The van der Waals surface area contributed by atoms with Gasteiger partial charge in [0.15, 0.2) is 0 Å². The summed E-state index contributed by atoms with van der Waals surface area (Å²) < 4.78 is 4.73. The average Bonchev–Trinajstić information content (AvgIpc) is 2.54. The number of benzene rings is 2. The number of ether oxygens (including phenoxy) is 1. The molecule has 0 atom stereocenters. The van der Waals surface area contributed by atoms with Crippen LogP contribution < -0.4 is 0 Å². The zero-order chi connectivity index (χ0) is 14.7. The second-order valence-corrected chi connectivity index (χ2v) is 4.96. The summed E-state index contributed by atoms with van der Waals surface area (Å²) >= 11 is 0. The van der Waals surface area contributed by atoms with Gasteiger partial charge in [0.25, 0.3) is 0 Å². The number of nitrogens with zero attached hydrogens (tertiary/aromatic N) is 2. The fourth-order valence-corrected chi connectivity index (χ4v) is 2.38. The Hall–Kier alpha value is -2.62. The Labute approximate surface area is 123 Å². The molecule has 1 heterocycles. The first-order valence-corrected chi connectivity index (χ1v) is 6.80. The number of methoxy groups -OCH3 is 1. The van der Waals surface area contributed by atoms with Gasteiger partial charge in [-0.1, -0.05) is 36.4 Å². The first-order chi connectivity index (χ1) is 10.3. The number of carbonyl (C=O) groups excluding carboxylic acids is 1. The maximum atomic E-state index is 11.5. The molecule has 0 unspecified atom stereocenters. The van der Waals surface area contributed by atoms with Crippen LogP contribution in [0.1, 0.15) is 27.0 Å². The second kappa shape index (κ2) is 5.79. The highest BCUT2D eigenvalue weighted by Crippen LogP contribution is 2.19. The van der Waals surface area contributed by atoms with Gasteiger partial charge < -0.3 is 4.74 Å². The van der Waals surface area contributed by atoms with Crippen LogP contribution in [0.4, 0.5) is 0 Å². The topological polar surface area (TPSA) is 41.9 Å². The number of hydrogen-bond acceptors (Lipinski definition) is 4. The van der Waals surface area contributed by atoms with Crippen molar-refractivity contribution in [2.75, 3.05) is 7.11 Å². The third-order valence-corrected chi connectivity index (χ3v) is 3.49. The number of hydrogen-bond donors (Lipinski definition) is 0. The van der Waals surface area contributed by atoms with Crippen molar-refractivity contribution in [2.45, 2.75) is 13.1 Å². The van der Waals surface area contributed by atoms with Crippen molar-refractivity contribution in [3.05, 3.63) is 70.8 Å². The van der Waals surface area contributed by atoms with Crippen molar-refractivity contribution in [1.29, 1.82) is 0 Å². The standard InChI is InChI=1S/C17H16N2O2/c1-21-17(20)14-7-8-15-12-19(18-10-16(15)9-14)11-13-5-3-2-4-6-13/h2-10H,11-12H2,1H3. The largest absolute Gasteiger partial charge is 0.465 e. The zero-order valence-electron chi connectivity index (χ0n) is 11.8. The molecule has 1 aliphatic heterocycles. The molecule has 0 aromatic heterocycles. The molecule has 0 fully saturated rings. The molecule has 4 heteroatoms. The first kappa shape index (κ1) is 13.4. The molecule has 0 radical (unpaired) electrons. The van der Waals surface area contributed by atoms with Gasteiger partial charge >= 0.3 is 5.97 Å². The Balaban J connectivity index is 1.77. The lowest BCUT2D eigenvalue weighted by molar-refractivity contribution is 0.0600. The molecule has 2 aromatic carbocycles. The summed E-state index contributed by atoms with van der Waals surface area (Å²) in [5.41, 5.74) is 3.92. The van der Waals surface area contributed by atoms with E-state index in [4.69, 9.17) is 4.74 Å². The van der Waals surface area contributed by atoms with Gasteiger partial charge in [0.05, 0.1) is 32.0 Å². The number of hydrazone groups is 1. The third-order valence-electron chi connectivity index (χ3n) is 3.49. The molecule has 106 valence electrons. The molecular weight excluding hydrogens is 264 g/mol. The van der Waals surface area contributed by atoms with E-state index in [-0.39, 0.29) is 5.97 Å². The monoisotopic (exact) mass is 280 g/mol. The van der Waals surface area contributed by atoms with Crippen LogP contribution in [0.5, 0.6) is 0 Å². The quantitative estimate of drug-likeness (QED) is 0.812. The Kier molecular flexibility index (Phi) is 3.69. The van der Waals surface area contributed by atoms with Crippen LogP contribution in [0.25, 0.3) is 0 Å². The van der Waals surface area contributed by atoms with Gasteiger partial charge in [-0.25, -0.2) is 4.79 Å². The molecule has 0 amide bonds. The van der Waals surface area contributed by atoms with Crippen LogP contribution in [0.3, 0.4) is 0 Å². The molecule has 1 aliphatic rings. The molecular formula is C17H16N2O2. The van der Waals surface area contributed by atoms with E-state index < -0.39 is 0 Å². The summed E-state index contributed by atoms with van der Waals surface area (Å²) in [5, 5.41) is 6.46. The lowest BCUT2D eigenvalue weighted by Crippen LogP contribution is -2.21. The van der Waals surface area contributed by atoms with E-state index in [1.54, 1.807) is 12.3 Å². The van der Waals surface area contributed by atoms with Crippen molar-refractivity contribution < 1.29 is 9.53 Å². The summed E-state index contributed by atoms with van der Waals surface area (Å²) in [6.45, 7) is 1.51. The molecule has 0 aliphatic carbocycles. The predicted octanol–water partition coefficient (Wildman–Crippen LogP) is 2.82. The minimum absolute atomic E-state index is 0.321. The summed E-state index contributed by atoms with van der Waals surface area (Å²) in [7, 11) is 1.39. The van der Waals surface area contributed by atoms with E-state index in [0.717, 1.165) is 24.2 Å². The lowest BCUT2D eigenvalue weighted by Gasteiger charge is -2.24. The summed E-state index contributed by atoms with van der Waals surface area (Å²) in [5.74, 6) is -0.321. The summed E-state index contributed by atoms with van der Waals surface area (Å²) in [6, 6.07) is 15.8. The van der Waals surface area contributed by atoms with E-state index in [2.05, 4.69) is 17.2 Å². The fourth-order valence-electron chi connectivity index (χ4n) is 2.38. The normalized spacial score (nSPS) is 12.9. The van der Waals surface area contributed by atoms with Crippen LogP contribution in [-0.4, -0.2) is 24.3 Å². The van der Waals surface area contributed by atoms with Gasteiger partial charge in [0, 0.05) is 5.56 Å². The van der Waals surface area contributed by atoms with E-state index >= 15 is 0 Å². The van der Waals surface area contributed by atoms with Gasteiger partial charge in [-0.2, -0.15) is 5.10 Å². The number of fused-ring (bicyclic) bond motifs is 1. The fraction of sp³-hybridized carbons (Fsp3) is 0.176. The van der Waals surface area contributed by atoms with E-state index in [0.29, 0.717) is 5.56 Å². The van der Waals surface area contributed by atoms with E-state index in [1.807, 2.05) is 35.3 Å². The van der Waals surface area contributed by atoms with Gasteiger partial charge in [0.2, 0.25) is 0 Å². The maximum absolute atomic E-state index is 11.5. The summed E-state index contributed by atoms with van der Waals surface area (Å²) in [4.78, 5) is 11.5. The van der Waals surface area contributed by atoms with Crippen LogP contribution in [0.15, 0.2) is 53.6 Å². The van der Waals surface area contributed by atoms with Crippen LogP contribution in [-0.2, 0) is 17.8 Å². The first-order valence-electron chi connectivity index (χ1n) is 6.80. The third kappa shape index (κ3) is 2.94. The molecule has 0 spiro atoms. The number of carbonyl (C=O) groups is 1. The Morgan fingerprint density at radius 1 is 1.24 bits per heavy atom. The van der Waals surface area contributed by atoms with Crippen molar-refractivity contribution >= 4 is 12.2 Å². The van der Waals surface area contributed by atoms with Crippen molar-refractivity contribution in [2.24, 2.45) is 5.10 Å². The molecule has 0 bridgehead atoms. The smallest absolute Gasteiger partial charge is 0.337 e. The molecule has 21 heavy (non-hydrogen) atoms.